The SMILES string of the molecule is Cc1c(Oc2ccc(S(C)(=O)=O)cc2F)ncnc1OC1CCN(CCCCC=O)CC1. The van der Waals surface area contributed by atoms with E-state index in [1.165, 1.54) is 18.5 Å². The zero-order valence-corrected chi connectivity index (χ0v) is 19.1. The number of hydrogen-bond acceptors (Lipinski definition) is 8. The molecule has 0 radical (unpaired) electrons. The van der Waals surface area contributed by atoms with Gasteiger partial charge in [0.1, 0.15) is 18.7 Å². The molecule has 3 rings (SSSR count). The molecule has 2 aromatic rings. The van der Waals surface area contributed by atoms with E-state index in [0.717, 1.165) is 63.9 Å². The van der Waals surface area contributed by atoms with Gasteiger partial charge in [0.15, 0.2) is 21.4 Å². The molecule has 2 heterocycles. The standard InChI is InChI=1S/C22H28FN3O5S/c1-16-21(30-17-8-11-26(12-9-17)10-4-3-5-13-27)24-15-25-22(16)31-20-7-6-18(14-19(20)23)32(2,28)29/h6-7,13-15,17H,3-5,8-12H2,1-2H3. The van der Waals surface area contributed by atoms with Gasteiger partial charge >= 0.3 is 0 Å². The number of piperidine rings is 1. The molecule has 0 saturated carbocycles. The lowest BCUT2D eigenvalue weighted by molar-refractivity contribution is -0.107. The molecule has 174 valence electrons. The number of aldehydes is 1. The van der Waals surface area contributed by atoms with Crippen LogP contribution in [0.15, 0.2) is 29.4 Å². The second-order valence-corrected chi connectivity index (χ2v) is 9.91. The summed E-state index contributed by atoms with van der Waals surface area (Å²) < 4.78 is 49.2. The number of sulfone groups is 1. The van der Waals surface area contributed by atoms with Crippen LogP contribution >= 0.6 is 0 Å². The second-order valence-electron chi connectivity index (χ2n) is 7.90. The van der Waals surface area contributed by atoms with Crippen LogP contribution < -0.4 is 9.47 Å². The van der Waals surface area contributed by atoms with Gasteiger partial charge in [-0.15, -0.1) is 0 Å². The van der Waals surface area contributed by atoms with Crippen molar-refractivity contribution in [2.75, 3.05) is 25.9 Å². The molecule has 1 fully saturated rings. The van der Waals surface area contributed by atoms with Crippen LogP contribution in [0.5, 0.6) is 17.5 Å². The highest BCUT2D eigenvalue weighted by molar-refractivity contribution is 7.90. The van der Waals surface area contributed by atoms with E-state index in [2.05, 4.69) is 14.9 Å². The van der Waals surface area contributed by atoms with Crippen molar-refractivity contribution in [3.8, 4) is 17.5 Å². The summed E-state index contributed by atoms with van der Waals surface area (Å²) in [5.74, 6) is -0.400. The lowest BCUT2D eigenvalue weighted by Gasteiger charge is -2.32. The number of likely N-dealkylation sites (tertiary alicyclic amines) is 1. The number of nitrogens with zero attached hydrogens (tertiary/aromatic N) is 3. The molecule has 0 spiro atoms. The third-order valence-electron chi connectivity index (χ3n) is 5.39. The summed E-state index contributed by atoms with van der Waals surface area (Å²) in [6.45, 7) is 4.54. The molecule has 0 aliphatic carbocycles. The summed E-state index contributed by atoms with van der Waals surface area (Å²) in [5.41, 5.74) is 0.537. The van der Waals surface area contributed by atoms with E-state index in [1.54, 1.807) is 6.92 Å². The van der Waals surface area contributed by atoms with Gasteiger partial charge < -0.3 is 19.2 Å². The van der Waals surface area contributed by atoms with Crippen molar-refractivity contribution in [1.29, 1.82) is 0 Å². The van der Waals surface area contributed by atoms with Gasteiger partial charge in [-0.05, 0) is 57.4 Å². The number of carbonyl (C=O) groups excluding carboxylic acids is 1. The minimum absolute atomic E-state index is 0.00783. The largest absolute Gasteiger partial charge is 0.474 e. The van der Waals surface area contributed by atoms with E-state index in [0.29, 0.717) is 17.9 Å². The van der Waals surface area contributed by atoms with Crippen LogP contribution in [0.2, 0.25) is 0 Å². The fraction of sp³-hybridized carbons (Fsp3) is 0.500. The molecule has 0 N–H and O–H groups in total. The van der Waals surface area contributed by atoms with Gasteiger partial charge in [-0.3, -0.25) is 0 Å². The maximum Gasteiger partial charge on any atom is 0.229 e. The Kier molecular flexibility index (Phi) is 8.14. The van der Waals surface area contributed by atoms with E-state index in [4.69, 9.17) is 9.47 Å². The van der Waals surface area contributed by atoms with Crippen LogP contribution in [-0.2, 0) is 14.6 Å². The molecule has 0 unspecified atom stereocenters. The summed E-state index contributed by atoms with van der Waals surface area (Å²) in [6, 6.07) is 3.47. The number of ether oxygens (including phenoxy) is 2. The van der Waals surface area contributed by atoms with Crippen LogP contribution in [0.4, 0.5) is 4.39 Å². The average molecular weight is 466 g/mol. The molecule has 1 saturated heterocycles. The molecule has 0 amide bonds. The van der Waals surface area contributed by atoms with Gasteiger partial charge in [-0.25, -0.2) is 22.8 Å². The van der Waals surface area contributed by atoms with E-state index in [9.17, 15) is 17.6 Å². The second kappa shape index (κ2) is 10.8. The van der Waals surface area contributed by atoms with Crippen molar-refractivity contribution in [2.45, 2.75) is 50.0 Å². The Morgan fingerprint density at radius 2 is 1.91 bits per heavy atom. The van der Waals surface area contributed by atoms with Crippen molar-refractivity contribution in [3.05, 3.63) is 35.9 Å². The highest BCUT2D eigenvalue weighted by Crippen LogP contribution is 2.31. The number of rotatable bonds is 10. The first-order valence-electron chi connectivity index (χ1n) is 10.6. The Morgan fingerprint density at radius 3 is 2.56 bits per heavy atom. The normalized spacial score (nSPS) is 15.5. The molecule has 32 heavy (non-hydrogen) atoms. The number of benzene rings is 1. The Labute approximate surface area is 187 Å². The quantitative estimate of drug-likeness (QED) is 0.389. The topological polar surface area (TPSA) is 98.7 Å². The molecule has 8 nitrogen and oxygen atoms in total. The molecule has 0 atom stereocenters. The first-order chi connectivity index (χ1) is 15.3. The zero-order valence-electron chi connectivity index (χ0n) is 18.3. The highest BCUT2D eigenvalue weighted by atomic mass is 32.2. The molecule has 1 aromatic heterocycles. The fourth-order valence-electron chi connectivity index (χ4n) is 3.51. The Bertz CT molecular complexity index is 1040. The monoisotopic (exact) mass is 465 g/mol. The van der Waals surface area contributed by atoms with E-state index < -0.39 is 15.7 Å². The van der Waals surface area contributed by atoms with Gasteiger partial charge in [0, 0.05) is 25.8 Å². The van der Waals surface area contributed by atoms with Crippen molar-refractivity contribution >= 4 is 16.1 Å². The number of hydrogen-bond donors (Lipinski definition) is 0. The lowest BCUT2D eigenvalue weighted by Crippen LogP contribution is -2.38. The average Bonchev–Trinajstić information content (AvgIpc) is 2.75. The Balaban J connectivity index is 1.60. The Morgan fingerprint density at radius 1 is 1.19 bits per heavy atom. The molecule has 1 aromatic carbocycles. The molecule has 10 heteroatoms. The molecule has 1 aliphatic heterocycles. The molecule has 0 bridgehead atoms. The predicted octanol–water partition coefficient (Wildman–Crippen LogP) is 3.33. The molecular weight excluding hydrogens is 437 g/mol. The number of halogens is 1. The third-order valence-corrected chi connectivity index (χ3v) is 6.50. The van der Waals surface area contributed by atoms with Crippen molar-refractivity contribution < 1.29 is 27.1 Å². The number of carbonyl (C=O) groups is 1. The maximum absolute atomic E-state index is 14.4. The van der Waals surface area contributed by atoms with Crippen LogP contribution in [0.3, 0.4) is 0 Å². The number of aromatic nitrogens is 2. The Hall–Kier alpha value is -2.59. The number of unbranched alkanes of at least 4 members (excludes halogenated alkanes) is 2. The van der Waals surface area contributed by atoms with Gasteiger partial charge in [0.05, 0.1) is 10.5 Å². The summed E-state index contributed by atoms with van der Waals surface area (Å²) in [7, 11) is -3.52. The van der Waals surface area contributed by atoms with Crippen molar-refractivity contribution in [3.63, 3.8) is 0 Å². The first-order valence-corrected chi connectivity index (χ1v) is 12.5. The highest BCUT2D eigenvalue weighted by Gasteiger charge is 2.22. The van der Waals surface area contributed by atoms with Gasteiger partial charge in [0.2, 0.25) is 11.8 Å². The summed E-state index contributed by atoms with van der Waals surface area (Å²) in [4.78, 5) is 20.9. The smallest absolute Gasteiger partial charge is 0.229 e. The fourth-order valence-corrected chi connectivity index (χ4v) is 4.14. The van der Waals surface area contributed by atoms with Crippen molar-refractivity contribution in [2.24, 2.45) is 0 Å². The summed E-state index contributed by atoms with van der Waals surface area (Å²) in [6.07, 6.45) is 7.53. The minimum atomic E-state index is -3.52. The molecular formula is C22H28FN3O5S. The van der Waals surface area contributed by atoms with E-state index in [-0.39, 0.29) is 22.6 Å². The summed E-state index contributed by atoms with van der Waals surface area (Å²) in [5, 5.41) is 0. The van der Waals surface area contributed by atoms with Crippen LogP contribution in [0.1, 0.15) is 37.7 Å². The van der Waals surface area contributed by atoms with Crippen LogP contribution in [0, 0.1) is 12.7 Å². The molecule has 1 aliphatic rings. The first kappa shape index (κ1) is 24.1. The lowest BCUT2D eigenvalue weighted by atomic mass is 10.1. The van der Waals surface area contributed by atoms with Gasteiger partial charge in [-0.1, -0.05) is 0 Å². The zero-order chi connectivity index (χ0) is 23.1. The van der Waals surface area contributed by atoms with E-state index in [1.807, 2.05) is 0 Å². The van der Waals surface area contributed by atoms with Crippen LogP contribution in [-0.4, -0.2) is 61.6 Å². The maximum atomic E-state index is 14.4. The van der Waals surface area contributed by atoms with Crippen molar-refractivity contribution in [1.82, 2.24) is 14.9 Å². The van der Waals surface area contributed by atoms with Gasteiger partial charge in [0.25, 0.3) is 0 Å². The minimum Gasteiger partial charge on any atom is -0.474 e. The van der Waals surface area contributed by atoms with E-state index >= 15 is 0 Å². The van der Waals surface area contributed by atoms with Gasteiger partial charge in [-0.2, -0.15) is 0 Å². The van der Waals surface area contributed by atoms with Crippen LogP contribution in [0.25, 0.3) is 0 Å². The summed E-state index contributed by atoms with van der Waals surface area (Å²) >= 11 is 0. The third kappa shape index (κ3) is 6.46. The predicted molar refractivity (Wildman–Crippen MR) is 116 cm³/mol.